The Hall–Kier alpha value is -2.28. The van der Waals surface area contributed by atoms with Crippen LogP contribution in [0.4, 0.5) is 13.2 Å². The molecule has 0 aliphatic carbocycles. The Bertz CT molecular complexity index is 898. The highest BCUT2D eigenvalue weighted by molar-refractivity contribution is 9.10. The van der Waals surface area contributed by atoms with Gasteiger partial charge in [0.25, 0.3) is 0 Å². The predicted octanol–water partition coefficient (Wildman–Crippen LogP) is 4.88. The van der Waals surface area contributed by atoms with Crippen molar-refractivity contribution in [3.8, 4) is 17.0 Å². The molecular weight excluding hydrogens is 375 g/mol. The molecule has 23 heavy (non-hydrogen) atoms. The minimum absolute atomic E-state index is 0.0719. The number of alkyl halides is 3. The monoisotopic (exact) mass is 383 g/mol. The fourth-order valence-electron chi connectivity index (χ4n) is 2.16. The molecule has 0 fully saturated rings. The third-order valence-corrected chi connectivity index (χ3v) is 3.94. The number of hydrogen-bond donors (Lipinski definition) is 0. The average Bonchev–Trinajstić information content (AvgIpc) is 2.82. The van der Waals surface area contributed by atoms with Gasteiger partial charge in [-0.05, 0) is 34.1 Å². The van der Waals surface area contributed by atoms with Gasteiger partial charge < -0.3 is 4.42 Å². The van der Waals surface area contributed by atoms with Crippen LogP contribution in [0, 0.1) is 0 Å². The normalized spacial score (nSPS) is 11.7. The summed E-state index contributed by atoms with van der Waals surface area (Å²) in [4.78, 5) is 12.1. The molecule has 0 bridgehead atoms. The summed E-state index contributed by atoms with van der Waals surface area (Å²) in [6.45, 7) is 0. The largest absolute Gasteiger partial charge is 0.425 e. The van der Waals surface area contributed by atoms with E-state index in [0.717, 1.165) is 16.7 Å². The molecule has 7 heteroatoms. The molecule has 1 heterocycles. The van der Waals surface area contributed by atoms with Gasteiger partial charge in [0.15, 0.2) is 5.76 Å². The molecule has 0 unspecified atom stereocenters. The first-order valence-electron chi connectivity index (χ1n) is 6.52. The van der Waals surface area contributed by atoms with Gasteiger partial charge in [-0.15, -0.1) is 0 Å². The van der Waals surface area contributed by atoms with Gasteiger partial charge in [0.05, 0.1) is 11.3 Å². The van der Waals surface area contributed by atoms with E-state index >= 15 is 0 Å². The number of rotatable bonds is 2. The van der Waals surface area contributed by atoms with Crippen molar-refractivity contribution in [2.75, 3.05) is 0 Å². The molecular formula is C16H9BrF3NO2. The van der Waals surface area contributed by atoms with Crippen LogP contribution in [-0.2, 0) is 6.18 Å². The summed E-state index contributed by atoms with van der Waals surface area (Å²) in [5, 5.41) is 0. The van der Waals surface area contributed by atoms with E-state index in [1.807, 2.05) is 0 Å². The smallest absolute Gasteiger partial charge is 0.406 e. The van der Waals surface area contributed by atoms with Crippen LogP contribution in [0.1, 0.15) is 5.56 Å². The first-order chi connectivity index (χ1) is 10.9. The summed E-state index contributed by atoms with van der Waals surface area (Å²) < 4.78 is 45.0. The maximum absolute atomic E-state index is 12.8. The predicted molar refractivity (Wildman–Crippen MR) is 82.4 cm³/mol. The van der Waals surface area contributed by atoms with Crippen molar-refractivity contribution >= 4 is 15.9 Å². The third-order valence-electron chi connectivity index (χ3n) is 3.22. The second-order valence-corrected chi connectivity index (χ2v) is 5.49. The van der Waals surface area contributed by atoms with Gasteiger partial charge >= 0.3 is 11.9 Å². The number of hydrogen-bond acceptors (Lipinski definition) is 2. The maximum atomic E-state index is 12.8. The van der Waals surface area contributed by atoms with E-state index in [1.165, 1.54) is 12.1 Å². The zero-order valence-electron chi connectivity index (χ0n) is 11.5. The second kappa shape index (κ2) is 5.73. The Morgan fingerprint density at radius 1 is 1.00 bits per heavy atom. The molecule has 0 atom stereocenters. The molecule has 0 radical (unpaired) electrons. The summed E-state index contributed by atoms with van der Waals surface area (Å²) in [6.07, 6.45) is -4.49. The van der Waals surface area contributed by atoms with Crippen LogP contribution in [0.25, 0.3) is 17.0 Å². The number of oxazole rings is 1. The average molecular weight is 384 g/mol. The molecule has 0 amide bonds. The summed E-state index contributed by atoms with van der Waals surface area (Å²) in [6, 6.07) is 13.3. The Labute approximate surface area is 137 Å². The van der Waals surface area contributed by atoms with Crippen molar-refractivity contribution in [2.24, 2.45) is 0 Å². The van der Waals surface area contributed by atoms with Gasteiger partial charge in [0.2, 0.25) is 0 Å². The van der Waals surface area contributed by atoms with Crippen LogP contribution in [0.5, 0.6) is 0 Å². The molecule has 0 N–H and O–H groups in total. The summed E-state index contributed by atoms with van der Waals surface area (Å²) in [7, 11) is 0. The zero-order valence-corrected chi connectivity index (χ0v) is 13.1. The Kier molecular flexibility index (Phi) is 3.89. The molecule has 2 aromatic carbocycles. The third kappa shape index (κ3) is 2.96. The van der Waals surface area contributed by atoms with Crippen molar-refractivity contribution in [1.82, 2.24) is 4.57 Å². The van der Waals surface area contributed by atoms with Crippen molar-refractivity contribution in [2.45, 2.75) is 6.18 Å². The molecule has 0 spiro atoms. The first-order valence-corrected chi connectivity index (χ1v) is 7.31. The van der Waals surface area contributed by atoms with Gasteiger partial charge in [-0.1, -0.05) is 36.4 Å². The highest BCUT2D eigenvalue weighted by Gasteiger charge is 2.31. The van der Waals surface area contributed by atoms with Crippen LogP contribution in [0.3, 0.4) is 0 Å². The lowest BCUT2D eigenvalue weighted by atomic mass is 10.2. The SMILES string of the molecule is O=c1oc(-c2ccccc2)c(Br)n1-c1cccc(C(F)(F)F)c1. The van der Waals surface area contributed by atoms with Gasteiger partial charge in [-0.2, -0.15) is 13.2 Å². The molecule has 1 aromatic heterocycles. The standard InChI is InChI=1S/C16H9BrF3NO2/c17-14-13(10-5-2-1-3-6-10)23-15(22)21(14)12-8-4-7-11(9-12)16(18,19)20/h1-9H. The highest BCUT2D eigenvalue weighted by atomic mass is 79.9. The Balaban J connectivity index is 2.16. The Morgan fingerprint density at radius 2 is 1.70 bits per heavy atom. The highest BCUT2D eigenvalue weighted by Crippen LogP contribution is 2.33. The fourth-order valence-corrected chi connectivity index (χ4v) is 2.82. The summed E-state index contributed by atoms with van der Waals surface area (Å²) >= 11 is 3.24. The van der Waals surface area contributed by atoms with Crippen LogP contribution in [0.15, 0.2) is 68.4 Å². The van der Waals surface area contributed by atoms with Gasteiger partial charge in [-0.3, -0.25) is 0 Å². The van der Waals surface area contributed by atoms with E-state index in [2.05, 4.69) is 15.9 Å². The van der Waals surface area contributed by atoms with Crippen LogP contribution < -0.4 is 5.76 Å². The molecule has 3 rings (SSSR count). The lowest BCUT2D eigenvalue weighted by molar-refractivity contribution is -0.137. The topological polar surface area (TPSA) is 35.1 Å². The van der Waals surface area contributed by atoms with Gasteiger partial charge in [-0.25, -0.2) is 9.36 Å². The van der Waals surface area contributed by atoms with E-state index in [0.29, 0.717) is 5.56 Å². The Morgan fingerprint density at radius 3 is 2.35 bits per heavy atom. The van der Waals surface area contributed by atoms with E-state index in [4.69, 9.17) is 4.42 Å². The van der Waals surface area contributed by atoms with Crippen molar-refractivity contribution in [3.05, 3.63) is 75.3 Å². The van der Waals surface area contributed by atoms with Crippen molar-refractivity contribution in [3.63, 3.8) is 0 Å². The molecule has 118 valence electrons. The number of benzene rings is 2. The summed E-state index contributed by atoms with van der Waals surface area (Å²) in [5.41, 5.74) is -0.124. The van der Waals surface area contributed by atoms with E-state index < -0.39 is 17.5 Å². The number of halogens is 4. The maximum Gasteiger partial charge on any atom is 0.425 e. The second-order valence-electron chi connectivity index (χ2n) is 4.74. The van der Waals surface area contributed by atoms with Crippen LogP contribution in [-0.4, -0.2) is 4.57 Å². The van der Waals surface area contributed by atoms with Gasteiger partial charge in [0, 0.05) is 5.56 Å². The minimum Gasteiger partial charge on any atom is -0.406 e. The van der Waals surface area contributed by atoms with Crippen LogP contribution in [0.2, 0.25) is 0 Å². The van der Waals surface area contributed by atoms with Crippen LogP contribution >= 0.6 is 15.9 Å². The van der Waals surface area contributed by atoms with Gasteiger partial charge in [0.1, 0.15) is 4.60 Å². The molecule has 0 saturated carbocycles. The van der Waals surface area contributed by atoms with Crippen molar-refractivity contribution < 1.29 is 17.6 Å². The van der Waals surface area contributed by atoms with E-state index in [-0.39, 0.29) is 16.1 Å². The lowest BCUT2D eigenvalue weighted by Crippen LogP contribution is -2.13. The molecule has 3 aromatic rings. The molecule has 3 nitrogen and oxygen atoms in total. The van der Waals surface area contributed by atoms with E-state index in [1.54, 1.807) is 30.3 Å². The molecule has 0 saturated heterocycles. The van der Waals surface area contributed by atoms with E-state index in [9.17, 15) is 18.0 Å². The minimum atomic E-state index is -4.49. The summed E-state index contributed by atoms with van der Waals surface area (Å²) in [5.74, 6) is -0.511. The zero-order chi connectivity index (χ0) is 16.6. The quantitative estimate of drug-likeness (QED) is 0.632. The van der Waals surface area contributed by atoms with Crippen molar-refractivity contribution in [1.29, 1.82) is 0 Å². The fraction of sp³-hybridized carbons (Fsp3) is 0.0625. The lowest BCUT2D eigenvalue weighted by Gasteiger charge is -2.09. The molecule has 0 aliphatic heterocycles. The molecule has 0 aliphatic rings. The number of nitrogens with zero attached hydrogens (tertiary/aromatic N) is 1. The number of aromatic nitrogens is 1. The first kappa shape index (κ1) is 15.6.